The fraction of sp³-hybridized carbons (Fsp3) is 0.444. The van der Waals surface area contributed by atoms with E-state index in [0.717, 1.165) is 5.92 Å². The molecule has 0 aliphatic heterocycles. The average Bonchev–Trinajstić information content (AvgIpc) is 2.85. The van der Waals surface area contributed by atoms with Gasteiger partial charge in [-0.2, -0.15) is 0 Å². The fourth-order valence-electron chi connectivity index (χ4n) is 2.84. The molecule has 1 aliphatic carbocycles. The lowest BCUT2D eigenvalue weighted by Crippen LogP contribution is -1.99. The molecule has 2 rings (SSSR count). The Morgan fingerprint density at radius 1 is 1.26 bits per heavy atom. The lowest BCUT2D eigenvalue weighted by molar-refractivity contribution is 0.234. The number of methoxy groups -OCH3 is 1. The van der Waals surface area contributed by atoms with Crippen LogP contribution in [0.3, 0.4) is 0 Å². The van der Waals surface area contributed by atoms with E-state index in [9.17, 15) is 0 Å². The Hall–Kier alpha value is -1.34. The van der Waals surface area contributed by atoms with E-state index < -0.39 is 0 Å². The molecule has 0 unspecified atom stereocenters. The Labute approximate surface area is 117 Å². The molecule has 1 aromatic rings. The minimum atomic E-state index is 0.701. The van der Waals surface area contributed by atoms with E-state index in [1.54, 1.807) is 18.2 Å². The van der Waals surface area contributed by atoms with Gasteiger partial charge in [-0.25, -0.2) is 0 Å². The summed E-state index contributed by atoms with van der Waals surface area (Å²) in [6, 6.07) is 8.88. The maximum absolute atomic E-state index is 5.04. The van der Waals surface area contributed by atoms with Gasteiger partial charge in [-0.15, -0.1) is 0 Å². The molecule has 1 heteroatoms. The number of hydrogen-bond donors (Lipinski definition) is 0. The van der Waals surface area contributed by atoms with Gasteiger partial charge in [-0.1, -0.05) is 48.1 Å². The molecular weight excluding hydrogens is 232 g/mol. The highest BCUT2D eigenvalue weighted by Crippen LogP contribution is 2.30. The quantitative estimate of drug-likeness (QED) is 0.688. The number of ether oxygens (including phenoxy) is 1. The van der Waals surface area contributed by atoms with Crippen LogP contribution in [0.5, 0.6) is 0 Å². The van der Waals surface area contributed by atoms with Gasteiger partial charge in [0.05, 0.1) is 6.61 Å². The number of allylic oxidation sites excluding steroid dienone is 3. The van der Waals surface area contributed by atoms with Gasteiger partial charge in [-0.3, -0.25) is 0 Å². The SMILES string of the molecule is C/C=C(\C=C/COC)CCC1Cc2ccccc2C1. The topological polar surface area (TPSA) is 9.23 Å². The van der Waals surface area contributed by atoms with Gasteiger partial charge < -0.3 is 4.74 Å². The summed E-state index contributed by atoms with van der Waals surface area (Å²) in [4.78, 5) is 0. The van der Waals surface area contributed by atoms with Gasteiger partial charge in [0.25, 0.3) is 0 Å². The lowest BCUT2D eigenvalue weighted by atomic mass is 9.96. The predicted molar refractivity (Wildman–Crippen MR) is 81.3 cm³/mol. The van der Waals surface area contributed by atoms with E-state index in [1.807, 2.05) is 0 Å². The highest BCUT2D eigenvalue weighted by atomic mass is 16.5. The summed E-state index contributed by atoms with van der Waals surface area (Å²) in [5.41, 5.74) is 4.54. The zero-order valence-electron chi connectivity index (χ0n) is 12.1. The molecule has 0 saturated carbocycles. The van der Waals surface area contributed by atoms with E-state index in [-0.39, 0.29) is 0 Å². The molecule has 19 heavy (non-hydrogen) atoms. The van der Waals surface area contributed by atoms with Crippen LogP contribution in [0.4, 0.5) is 0 Å². The summed E-state index contributed by atoms with van der Waals surface area (Å²) in [6.45, 7) is 2.82. The van der Waals surface area contributed by atoms with Crippen LogP contribution in [-0.4, -0.2) is 13.7 Å². The molecule has 102 valence electrons. The first-order valence-electron chi connectivity index (χ1n) is 7.21. The van der Waals surface area contributed by atoms with Crippen molar-refractivity contribution in [1.29, 1.82) is 0 Å². The van der Waals surface area contributed by atoms with Crippen molar-refractivity contribution in [2.75, 3.05) is 13.7 Å². The third-order valence-electron chi connectivity index (χ3n) is 3.94. The molecule has 1 aliphatic rings. The van der Waals surface area contributed by atoms with Crippen molar-refractivity contribution in [2.45, 2.75) is 32.6 Å². The van der Waals surface area contributed by atoms with Crippen LogP contribution in [-0.2, 0) is 17.6 Å². The third kappa shape index (κ3) is 4.07. The molecule has 0 amide bonds. The standard InChI is InChI=1S/C18H24O/c1-3-15(7-6-12-19-2)10-11-16-13-17-8-4-5-9-18(17)14-16/h3-9,16H,10-14H2,1-2H3/b7-6-,15-3+. The second kappa shape index (κ2) is 7.30. The van der Waals surface area contributed by atoms with Crippen LogP contribution < -0.4 is 0 Å². The first-order valence-corrected chi connectivity index (χ1v) is 7.21. The normalized spacial score (nSPS) is 16.2. The number of benzene rings is 1. The third-order valence-corrected chi connectivity index (χ3v) is 3.94. The Balaban J connectivity index is 1.81. The number of hydrogen-bond acceptors (Lipinski definition) is 1. The van der Waals surface area contributed by atoms with Crippen molar-refractivity contribution >= 4 is 0 Å². The number of rotatable bonds is 6. The maximum atomic E-state index is 5.04. The second-order valence-corrected chi connectivity index (χ2v) is 5.30. The summed E-state index contributed by atoms with van der Waals surface area (Å²) in [7, 11) is 1.73. The Bertz CT molecular complexity index is 432. The average molecular weight is 256 g/mol. The summed E-state index contributed by atoms with van der Waals surface area (Å²) in [6.07, 6.45) is 11.5. The van der Waals surface area contributed by atoms with Gasteiger partial charge in [0, 0.05) is 7.11 Å². The van der Waals surface area contributed by atoms with Crippen LogP contribution in [0, 0.1) is 5.92 Å². The van der Waals surface area contributed by atoms with Crippen molar-refractivity contribution in [2.24, 2.45) is 5.92 Å². The van der Waals surface area contributed by atoms with Crippen molar-refractivity contribution < 1.29 is 4.74 Å². The van der Waals surface area contributed by atoms with Crippen molar-refractivity contribution in [1.82, 2.24) is 0 Å². The lowest BCUT2D eigenvalue weighted by Gasteiger charge is -2.09. The largest absolute Gasteiger partial charge is 0.381 e. The molecule has 0 radical (unpaired) electrons. The monoisotopic (exact) mass is 256 g/mol. The van der Waals surface area contributed by atoms with Crippen LogP contribution in [0.15, 0.2) is 48.1 Å². The van der Waals surface area contributed by atoms with Gasteiger partial charge in [0.2, 0.25) is 0 Å². The molecular formula is C18H24O. The first-order chi connectivity index (χ1) is 9.33. The number of fused-ring (bicyclic) bond motifs is 1. The molecule has 0 atom stereocenters. The minimum absolute atomic E-state index is 0.701. The highest BCUT2D eigenvalue weighted by Gasteiger charge is 2.20. The maximum Gasteiger partial charge on any atom is 0.0646 e. The van der Waals surface area contributed by atoms with E-state index in [2.05, 4.69) is 49.4 Å². The summed E-state index contributed by atoms with van der Waals surface area (Å²) in [5, 5.41) is 0. The Morgan fingerprint density at radius 2 is 1.95 bits per heavy atom. The predicted octanol–water partition coefficient (Wildman–Crippen LogP) is 4.33. The first kappa shape index (κ1) is 14.1. The summed E-state index contributed by atoms with van der Waals surface area (Å²) >= 11 is 0. The zero-order valence-corrected chi connectivity index (χ0v) is 12.1. The minimum Gasteiger partial charge on any atom is -0.381 e. The van der Waals surface area contributed by atoms with Gasteiger partial charge in [0.1, 0.15) is 0 Å². The molecule has 0 bridgehead atoms. The molecule has 0 saturated heterocycles. The second-order valence-electron chi connectivity index (χ2n) is 5.30. The van der Waals surface area contributed by atoms with E-state index in [4.69, 9.17) is 4.74 Å². The smallest absolute Gasteiger partial charge is 0.0646 e. The molecule has 1 aromatic carbocycles. The highest BCUT2D eigenvalue weighted by molar-refractivity contribution is 5.32. The van der Waals surface area contributed by atoms with Crippen LogP contribution >= 0.6 is 0 Å². The van der Waals surface area contributed by atoms with Gasteiger partial charge >= 0.3 is 0 Å². The zero-order chi connectivity index (χ0) is 13.5. The Kier molecular flexibility index (Phi) is 5.41. The van der Waals surface area contributed by atoms with E-state index in [1.165, 1.54) is 31.3 Å². The van der Waals surface area contributed by atoms with Crippen LogP contribution in [0.1, 0.15) is 30.9 Å². The molecule has 1 nitrogen and oxygen atoms in total. The van der Waals surface area contributed by atoms with Crippen LogP contribution in [0.25, 0.3) is 0 Å². The summed E-state index contributed by atoms with van der Waals surface area (Å²) < 4.78 is 5.04. The van der Waals surface area contributed by atoms with Crippen molar-refractivity contribution in [3.8, 4) is 0 Å². The molecule has 0 N–H and O–H groups in total. The molecule has 0 fully saturated rings. The molecule has 0 heterocycles. The Morgan fingerprint density at radius 3 is 2.53 bits per heavy atom. The fourth-order valence-corrected chi connectivity index (χ4v) is 2.84. The van der Waals surface area contributed by atoms with E-state index in [0.29, 0.717) is 6.61 Å². The van der Waals surface area contributed by atoms with Crippen LogP contribution in [0.2, 0.25) is 0 Å². The van der Waals surface area contributed by atoms with Crippen molar-refractivity contribution in [3.63, 3.8) is 0 Å². The van der Waals surface area contributed by atoms with Gasteiger partial charge in [0.15, 0.2) is 0 Å². The van der Waals surface area contributed by atoms with E-state index >= 15 is 0 Å². The van der Waals surface area contributed by atoms with Crippen molar-refractivity contribution in [3.05, 3.63) is 59.2 Å². The van der Waals surface area contributed by atoms with Gasteiger partial charge in [-0.05, 0) is 49.7 Å². The summed E-state index contributed by atoms with van der Waals surface area (Å²) in [5.74, 6) is 0.822. The molecule has 0 aromatic heterocycles. The molecule has 0 spiro atoms.